The van der Waals surface area contributed by atoms with E-state index < -0.39 is 11.9 Å². The Morgan fingerprint density at radius 1 is 1.24 bits per heavy atom. The van der Waals surface area contributed by atoms with Gasteiger partial charge in [0.25, 0.3) is 5.91 Å². The second kappa shape index (κ2) is 7.64. The largest absolute Gasteiger partial charge is 0.482 e. The molecule has 8 heteroatoms. The normalized spacial score (nSPS) is 13.2. The van der Waals surface area contributed by atoms with Gasteiger partial charge in [-0.2, -0.15) is 0 Å². The third-order valence-electron chi connectivity index (χ3n) is 3.89. The second-order valence-electron chi connectivity index (χ2n) is 5.63. The summed E-state index contributed by atoms with van der Waals surface area (Å²) in [5.74, 6) is -1.12. The summed E-state index contributed by atoms with van der Waals surface area (Å²) in [5.41, 5.74) is 1.05. The van der Waals surface area contributed by atoms with Crippen molar-refractivity contribution in [2.24, 2.45) is 0 Å². The summed E-state index contributed by atoms with van der Waals surface area (Å²) < 4.78 is 5.38. The quantitative estimate of drug-likeness (QED) is 0.766. The van der Waals surface area contributed by atoms with Crippen molar-refractivity contribution >= 4 is 51.4 Å². The molecule has 0 aliphatic heterocycles. The first kappa shape index (κ1) is 18.0. The number of benzene rings is 1. The van der Waals surface area contributed by atoms with Crippen LogP contribution in [-0.4, -0.2) is 23.6 Å². The molecule has 2 aromatic rings. The van der Waals surface area contributed by atoms with E-state index in [2.05, 4.69) is 5.32 Å². The minimum absolute atomic E-state index is 0.206. The number of carboxylic acids is 1. The molecule has 132 valence electrons. The van der Waals surface area contributed by atoms with Gasteiger partial charge in [0.05, 0.1) is 10.6 Å². The van der Waals surface area contributed by atoms with E-state index in [1.54, 1.807) is 12.1 Å². The van der Waals surface area contributed by atoms with Crippen LogP contribution in [0.5, 0.6) is 5.75 Å². The third-order valence-corrected chi connectivity index (χ3v) is 5.63. The van der Waals surface area contributed by atoms with Crippen molar-refractivity contribution < 1.29 is 19.4 Å². The topological polar surface area (TPSA) is 75.6 Å². The molecule has 3 rings (SSSR count). The minimum atomic E-state index is -1.02. The van der Waals surface area contributed by atoms with Crippen LogP contribution in [-0.2, 0) is 17.6 Å². The molecule has 1 aliphatic carbocycles. The van der Waals surface area contributed by atoms with Crippen LogP contribution < -0.4 is 10.1 Å². The van der Waals surface area contributed by atoms with E-state index in [1.807, 2.05) is 0 Å². The highest BCUT2D eigenvalue weighted by Crippen LogP contribution is 2.38. The fourth-order valence-electron chi connectivity index (χ4n) is 2.78. The SMILES string of the molecule is O=C(COc1ccc(Cl)cc1Cl)Nc1sc2c(c1C(=O)O)CCCC2. The number of thiophene rings is 1. The lowest BCUT2D eigenvalue weighted by Crippen LogP contribution is -2.21. The van der Waals surface area contributed by atoms with E-state index in [4.69, 9.17) is 27.9 Å². The van der Waals surface area contributed by atoms with Gasteiger partial charge in [0, 0.05) is 9.90 Å². The number of halogens is 2. The number of carbonyl (C=O) groups is 2. The van der Waals surface area contributed by atoms with Gasteiger partial charge < -0.3 is 15.2 Å². The van der Waals surface area contributed by atoms with Gasteiger partial charge in [-0.1, -0.05) is 23.2 Å². The predicted octanol–water partition coefficient (Wildman–Crippen LogP) is 4.65. The van der Waals surface area contributed by atoms with Crippen molar-refractivity contribution in [3.05, 3.63) is 44.2 Å². The molecule has 1 aromatic heterocycles. The van der Waals surface area contributed by atoms with Crippen molar-refractivity contribution in [2.75, 3.05) is 11.9 Å². The maximum atomic E-state index is 12.2. The zero-order chi connectivity index (χ0) is 18.0. The molecule has 0 unspecified atom stereocenters. The number of carbonyl (C=O) groups excluding carboxylic acids is 1. The molecule has 1 heterocycles. The first-order valence-corrected chi connectivity index (χ1v) is 9.28. The molecule has 25 heavy (non-hydrogen) atoms. The lowest BCUT2D eigenvalue weighted by Gasteiger charge is -2.11. The zero-order valence-corrected chi connectivity index (χ0v) is 15.4. The maximum absolute atomic E-state index is 12.2. The highest BCUT2D eigenvalue weighted by molar-refractivity contribution is 7.17. The molecule has 0 saturated heterocycles. The lowest BCUT2D eigenvalue weighted by molar-refractivity contribution is -0.118. The third kappa shape index (κ3) is 4.08. The monoisotopic (exact) mass is 399 g/mol. The molecule has 2 N–H and O–H groups in total. The molecule has 0 atom stereocenters. The number of carboxylic acid groups (broad SMARTS) is 1. The molecule has 5 nitrogen and oxygen atoms in total. The van der Waals surface area contributed by atoms with E-state index in [9.17, 15) is 14.7 Å². The number of nitrogens with one attached hydrogen (secondary N) is 1. The van der Waals surface area contributed by atoms with Crippen LogP contribution in [0.3, 0.4) is 0 Å². The Morgan fingerprint density at radius 2 is 2.00 bits per heavy atom. The standard InChI is InChI=1S/C17H15Cl2NO4S/c18-9-5-6-12(11(19)7-9)24-8-14(21)20-16-15(17(22)23)10-3-1-2-4-13(10)25-16/h5-7H,1-4,8H2,(H,20,21)(H,22,23). The van der Waals surface area contributed by atoms with Crippen LogP contribution in [0, 0.1) is 0 Å². The maximum Gasteiger partial charge on any atom is 0.339 e. The van der Waals surface area contributed by atoms with Gasteiger partial charge in [0.2, 0.25) is 0 Å². The van der Waals surface area contributed by atoms with E-state index in [0.717, 1.165) is 36.1 Å². The Hall–Kier alpha value is -1.76. The summed E-state index contributed by atoms with van der Waals surface area (Å²) in [4.78, 5) is 24.8. The number of hydrogen-bond donors (Lipinski definition) is 2. The number of aryl methyl sites for hydroxylation is 1. The number of aromatic carboxylic acids is 1. The fourth-order valence-corrected chi connectivity index (χ4v) is 4.54. The average molecular weight is 400 g/mol. The van der Waals surface area contributed by atoms with E-state index >= 15 is 0 Å². The number of anilines is 1. The Balaban J connectivity index is 1.70. The minimum Gasteiger partial charge on any atom is -0.482 e. The van der Waals surface area contributed by atoms with Crippen molar-refractivity contribution in [1.82, 2.24) is 0 Å². The highest BCUT2D eigenvalue weighted by atomic mass is 35.5. The first-order chi connectivity index (χ1) is 12.0. The van der Waals surface area contributed by atoms with Gasteiger partial charge in [0.1, 0.15) is 10.8 Å². The molecule has 0 fully saturated rings. The molecule has 0 radical (unpaired) electrons. The van der Waals surface area contributed by atoms with Crippen molar-refractivity contribution in [1.29, 1.82) is 0 Å². The molecule has 1 aromatic carbocycles. The van der Waals surface area contributed by atoms with E-state index in [1.165, 1.54) is 17.4 Å². The number of ether oxygens (including phenoxy) is 1. The van der Waals surface area contributed by atoms with Crippen LogP contribution in [0.4, 0.5) is 5.00 Å². The predicted molar refractivity (Wildman–Crippen MR) is 98.5 cm³/mol. The molecule has 0 saturated carbocycles. The smallest absolute Gasteiger partial charge is 0.339 e. The fraction of sp³-hybridized carbons (Fsp3) is 0.294. The number of fused-ring (bicyclic) bond motifs is 1. The van der Waals surface area contributed by atoms with Gasteiger partial charge in [-0.15, -0.1) is 11.3 Å². The van der Waals surface area contributed by atoms with Crippen LogP contribution in [0.15, 0.2) is 18.2 Å². The molecular formula is C17H15Cl2NO4S. The van der Waals surface area contributed by atoms with Gasteiger partial charge in [-0.05, 0) is 49.4 Å². The Bertz CT molecular complexity index is 834. The average Bonchev–Trinajstić information content (AvgIpc) is 2.91. The van der Waals surface area contributed by atoms with Crippen LogP contribution in [0.2, 0.25) is 10.0 Å². The number of hydrogen-bond acceptors (Lipinski definition) is 4. The summed E-state index contributed by atoms with van der Waals surface area (Å²) in [7, 11) is 0. The van der Waals surface area contributed by atoms with Gasteiger partial charge in [-0.25, -0.2) is 4.79 Å². The van der Waals surface area contributed by atoms with E-state index in [0.29, 0.717) is 20.8 Å². The molecule has 1 aliphatic rings. The lowest BCUT2D eigenvalue weighted by atomic mass is 9.95. The Labute approximate surface area is 158 Å². The molecule has 1 amide bonds. The van der Waals surface area contributed by atoms with Gasteiger partial charge in [-0.3, -0.25) is 4.79 Å². The van der Waals surface area contributed by atoms with Crippen LogP contribution in [0.1, 0.15) is 33.6 Å². The zero-order valence-electron chi connectivity index (χ0n) is 13.1. The van der Waals surface area contributed by atoms with Crippen LogP contribution in [0.25, 0.3) is 0 Å². The Kier molecular flexibility index (Phi) is 5.51. The first-order valence-electron chi connectivity index (χ1n) is 7.71. The van der Waals surface area contributed by atoms with E-state index in [-0.39, 0.29) is 12.2 Å². The van der Waals surface area contributed by atoms with Crippen LogP contribution >= 0.6 is 34.5 Å². The van der Waals surface area contributed by atoms with Gasteiger partial charge >= 0.3 is 5.97 Å². The summed E-state index contributed by atoms with van der Waals surface area (Å²) in [6.07, 6.45) is 3.60. The second-order valence-corrected chi connectivity index (χ2v) is 7.58. The molecule has 0 bridgehead atoms. The summed E-state index contributed by atoms with van der Waals surface area (Å²) in [5, 5.41) is 13.3. The number of rotatable bonds is 5. The highest BCUT2D eigenvalue weighted by Gasteiger charge is 2.26. The van der Waals surface area contributed by atoms with Crippen molar-refractivity contribution in [3.63, 3.8) is 0 Å². The summed E-state index contributed by atoms with van der Waals surface area (Å²) >= 11 is 13.1. The Morgan fingerprint density at radius 3 is 2.72 bits per heavy atom. The summed E-state index contributed by atoms with van der Waals surface area (Å²) in [6, 6.07) is 4.70. The van der Waals surface area contributed by atoms with Crippen molar-refractivity contribution in [3.8, 4) is 5.75 Å². The molecular weight excluding hydrogens is 385 g/mol. The van der Waals surface area contributed by atoms with Crippen molar-refractivity contribution in [2.45, 2.75) is 25.7 Å². The molecule has 0 spiro atoms. The van der Waals surface area contributed by atoms with Gasteiger partial charge in [0.15, 0.2) is 6.61 Å². The number of amides is 1. The summed E-state index contributed by atoms with van der Waals surface area (Å²) in [6.45, 7) is -0.275.